The average molecular weight is 549 g/mol. The monoisotopic (exact) mass is 548 g/mol. The largest absolute Gasteiger partial charge is 0.481 e. The molecule has 2 atom stereocenters. The minimum atomic E-state index is -1.02. The maximum atomic E-state index is 11.7. The zero-order chi connectivity index (χ0) is 25.0. The molecule has 3 aliphatic carbocycles. The van der Waals surface area contributed by atoms with E-state index >= 15 is 0 Å². The summed E-state index contributed by atoms with van der Waals surface area (Å²) in [6, 6.07) is 5.39. The van der Waals surface area contributed by atoms with Crippen LogP contribution in [0.25, 0.3) is 11.3 Å². The van der Waals surface area contributed by atoms with E-state index in [1.54, 1.807) is 23.6 Å². The fourth-order valence-corrected chi connectivity index (χ4v) is 7.62. The third-order valence-electron chi connectivity index (χ3n) is 7.86. The van der Waals surface area contributed by atoms with Gasteiger partial charge in [-0.3, -0.25) is 4.79 Å². The van der Waals surface area contributed by atoms with Crippen LogP contribution in [0.4, 0.5) is 0 Å². The first-order valence-corrected chi connectivity index (χ1v) is 13.9. The van der Waals surface area contributed by atoms with E-state index in [1.165, 1.54) is 11.3 Å². The normalized spacial score (nSPS) is 27.5. The van der Waals surface area contributed by atoms with Gasteiger partial charge in [0.05, 0.1) is 34.9 Å². The van der Waals surface area contributed by atoms with Gasteiger partial charge in [0.25, 0.3) is 0 Å². The van der Waals surface area contributed by atoms with Gasteiger partial charge in [-0.1, -0.05) is 34.4 Å². The number of carbonyl (C=O) groups is 1. The van der Waals surface area contributed by atoms with Gasteiger partial charge in [-0.25, -0.2) is 4.98 Å². The molecule has 2 bridgehead atoms. The zero-order valence-electron chi connectivity index (χ0n) is 19.5. The summed E-state index contributed by atoms with van der Waals surface area (Å²) in [6.45, 7) is 0.342. The molecule has 36 heavy (non-hydrogen) atoms. The number of rotatable bonds is 8. The first-order valence-electron chi connectivity index (χ1n) is 12.3. The summed E-state index contributed by atoms with van der Waals surface area (Å²) in [4.78, 5) is 15.6. The maximum Gasteiger partial charge on any atom is 0.309 e. The fourth-order valence-electron chi connectivity index (χ4n) is 5.96. The number of nitrogens with zero attached hydrogens (tertiary/aromatic N) is 2. The first-order chi connectivity index (χ1) is 17.3. The van der Waals surface area contributed by atoms with Gasteiger partial charge in [0, 0.05) is 22.4 Å². The minimum Gasteiger partial charge on any atom is -0.481 e. The summed E-state index contributed by atoms with van der Waals surface area (Å²) in [5, 5.41) is 28.6. The highest BCUT2D eigenvalue weighted by Gasteiger charge is 2.56. The van der Waals surface area contributed by atoms with E-state index in [-0.39, 0.29) is 24.4 Å². The Morgan fingerprint density at radius 1 is 1.17 bits per heavy atom. The zero-order valence-corrected chi connectivity index (χ0v) is 21.8. The molecule has 3 saturated carbocycles. The molecule has 190 valence electrons. The van der Waals surface area contributed by atoms with Gasteiger partial charge in [-0.05, 0) is 62.5 Å². The molecule has 3 fully saturated rings. The summed E-state index contributed by atoms with van der Waals surface area (Å²) >= 11 is 14.3. The average Bonchev–Trinajstić information content (AvgIpc) is 3.40. The second-order valence-corrected chi connectivity index (χ2v) is 11.8. The highest BCUT2D eigenvalue weighted by Crippen LogP contribution is 2.56. The van der Waals surface area contributed by atoms with E-state index in [2.05, 4.69) is 10.1 Å². The Morgan fingerprint density at radius 3 is 2.50 bits per heavy atom. The van der Waals surface area contributed by atoms with Crippen LogP contribution in [0.15, 0.2) is 28.1 Å². The van der Waals surface area contributed by atoms with Gasteiger partial charge in [0.15, 0.2) is 0 Å². The van der Waals surface area contributed by atoms with Gasteiger partial charge in [0.2, 0.25) is 0 Å². The molecular weight excluding hydrogens is 523 g/mol. The smallest absolute Gasteiger partial charge is 0.309 e. The number of carboxylic acid groups (broad SMARTS) is 1. The predicted molar refractivity (Wildman–Crippen MR) is 135 cm³/mol. The summed E-state index contributed by atoms with van der Waals surface area (Å²) in [7, 11) is 0. The molecule has 0 radical (unpaired) electrons. The first kappa shape index (κ1) is 24.4. The number of ether oxygens (including phenoxy) is 1. The van der Waals surface area contributed by atoms with Crippen LogP contribution < -0.4 is 0 Å². The van der Waals surface area contributed by atoms with Crippen molar-refractivity contribution in [3.05, 3.63) is 55.6 Å². The van der Waals surface area contributed by atoms with Crippen LogP contribution in [-0.2, 0) is 28.2 Å². The maximum absolute atomic E-state index is 11.7. The molecule has 7 nitrogen and oxygen atoms in total. The van der Waals surface area contributed by atoms with Crippen molar-refractivity contribution in [3.63, 3.8) is 0 Å². The Balaban J connectivity index is 1.20. The molecule has 0 aliphatic heterocycles. The Labute approximate surface area is 222 Å². The van der Waals surface area contributed by atoms with Gasteiger partial charge in [-0.2, -0.15) is 0 Å². The van der Waals surface area contributed by atoms with Crippen LogP contribution >= 0.6 is 34.5 Å². The van der Waals surface area contributed by atoms with Crippen molar-refractivity contribution in [1.82, 2.24) is 10.1 Å². The summed E-state index contributed by atoms with van der Waals surface area (Å²) in [5.74, 6) is 0.324. The lowest BCUT2D eigenvalue weighted by Gasteiger charge is -2.41. The van der Waals surface area contributed by atoms with Gasteiger partial charge >= 0.3 is 5.97 Å². The number of halogens is 2. The van der Waals surface area contributed by atoms with Crippen molar-refractivity contribution >= 4 is 40.5 Å². The van der Waals surface area contributed by atoms with Crippen LogP contribution in [0, 0.1) is 11.8 Å². The van der Waals surface area contributed by atoms with Crippen LogP contribution in [0.1, 0.15) is 66.5 Å². The van der Waals surface area contributed by atoms with E-state index in [1.807, 2.05) is 0 Å². The number of carboxylic acids is 1. The Hall–Kier alpha value is -1.97. The standard InChI is InChI=1S/C26H26Cl2N2O5S/c27-19-2-1-3-20(28)22(19)23-18(24(35-30-23)13-4-5-13)11-34-17-8-14-6-7-15(9-17)26(14,33)25-29-16(12-36-25)10-21(31)32/h1-3,12-15,17,33H,4-11H2,(H,31,32). The third kappa shape index (κ3) is 4.27. The lowest BCUT2D eigenvalue weighted by atomic mass is 9.73. The highest BCUT2D eigenvalue weighted by molar-refractivity contribution is 7.09. The lowest BCUT2D eigenvalue weighted by molar-refractivity contribution is -0.136. The van der Waals surface area contributed by atoms with Crippen molar-refractivity contribution in [2.75, 3.05) is 0 Å². The van der Waals surface area contributed by atoms with Crippen molar-refractivity contribution in [1.29, 1.82) is 0 Å². The second-order valence-electron chi connectivity index (χ2n) is 10.2. The predicted octanol–water partition coefficient (Wildman–Crippen LogP) is 6.20. The molecule has 2 heterocycles. The van der Waals surface area contributed by atoms with E-state index in [9.17, 15) is 9.90 Å². The fraction of sp³-hybridized carbons (Fsp3) is 0.500. The third-order valence-corrected chi connectivity index (χ3v) is 9.52. The summed E-state index contributed by atoms with van der Waals surface area (Å²) < 4.78 is 12.2. The lowest BCUT2D eigenvalue weighted by Crippen LogP contribution is -2.44. The molecule has 0 saturated heterocycles. The number of aliphatic hydroxyl groups is 1. The number of benzene rings is 1. The van der Waals surface area contributed by atoms with Crippen molar-refractivity contribution in [2.24, 2.45) is 11.8 Å². The number of aromatic nitrogens is 2. The molecule has 2 unspecified atom stereocenters. The molecular formula is C26H26Cl2N2O5S. The van der Waals surface area contributed by atoms with Crippen molar-refractivity contribution in [2.45, 2.75) is 69.2 Å². The number of hydrogen-bond donors (Lipinski definition) is 2. The van der Waals surface area contributed by atoms with E-state index < -0.39 is 11.6 Å². The topological polar surface area (TPSA) is 106 Å². The summed E-state index contributed by atoms with van der Waals surface area (Å²) in [5.41, 5.74) is 1.68. The Bertz CT molecular complexity index is 1270. The Morgan fingerprint density at radius 2 is 1.86 bits per heavy atom. The molecule has 6 rings (SSSR count). The number of fused-ring (bicyclic) bond motifs is 2. The van der Waals surface area contributed by atoms with Gasteiger partial charge in [0.1, 0.15) is 22.1 Å². The van der Waals surface area contributed by atoms with Gasteiger partial charge < -0.3 is 19.5 Å². The molecule has 10 heteroatoms. The molecule has 1 aromatic carbocycles. The number of thiazole rings is 1. The molecule has 3 aromatic rings. The molecule has 0 amide bonds. The van der Waals surface area contributed by atoms with E-state index in [0.717, 1.165) is 37.0 Å². The molecule has 3 aliphatic rings. The van der Waals surface area contributed by atoms with Crippen LogP contribution in [0.2, 0.25) is 10.0 Å². The quantitative estimate of drug-likeness (QED) is 0.345. The van der Waals surface area contributed by atoms with Crippen molar-refractivity contribution < 1.29 is 24.3 Å². The Kier molecular flexibility index (Phi) is 6.37. The highest BCUT2D eigenvalue weighted by atomic mass is 35.5. The van der Waals surface area contributed by atoms with Gasteiger partial charge in [-0.15, -0.1) is 11.3 Å². The van der Waals surface area contributed by atoms with Crippen LogP contribution in [0.5, 0.6) is 0 Å². The van der Waals surface area contributed by atoms with Crippen LogP contribution in [0.3, 0.4) is 0 Å². The number of hydrogen-bond acceptors (Lipinski definition) is 7. The number of aliphatic carboxylic acids is 1. The second kappa shape index (κ2) is 9.40. The molecule has 2 N–H and O–H groups in total. The van der Waals surface area contributed by atoms with Crippen molar-refractivity contribution in [3.8, 4) is 11.3 Å². The SMILES string of the molecule is O=C(O)Cc1csc(C2(O)C3CCC2CC(OCc2c(-c4c(Cl)cccc4Cl)noc2C2CC2)C3)n1. The molecule has 2 aromatic heterocycles. The minimum absolute atomic E-state index is 0.0160. The molecule has 0 spiro atoms. The summed E-state index contributed by atoms with van der Waals surface area (Å²) in [6.07, 6.45) is 5.21. The van der Waals surface area contributed by atoms with E-state index in [4.69, 9.17) is 37.6 Å². The van der Waals surface area contributed by atoms with Crippen LogP contribution in [-0.4, -0.2) is 32.4 Å². The van der Waals surface area contributed by atoms with E-state index in [0.29, 0.717) is 57.4 Å².